The fourth-order valence-corrected chi connectivity index (χ4v) is 0.917. The number of aliphatic hydroxyl groups is 1. The molecule has 1 heterocycles. The van der Waals surface area contributed by atoms with E-state index in [4.69, 9.17) is 5.11 Å². The average molecular weight is 166 g/mol. The quantitative estimate of drug-likeness (QED) is 0.570. The zero-order valence-corrected chi connectivity index (χ0v) is 5.72. The number of cyclic esters (lactones) is 1. The van der Waals surface area contributed by atoms with Crippen LogP contribution in [0.4, 0.5) is 8.78 Å². The van der Waals surface area contributed by atoms with E-state index >= 15 is 0 Å². The Kier molecular flexibility index (Phi) is 2.08. The van der Waals surface area contributed by atoms with Crippen LogP contribution in [0.3, 0.4) is 0 Å². The van der Waals surface area contributed by atoms with Gasteiger partial charge in [0.25, 0.3) is 6.43 Å². The van der Waals surface area contributed by atoms with Gasteiger partial charge in [-0.1, -0.05) is 0 Å². The van der Waals surface area contributed by atoms with E-state index in [0.717, 1.165) is 0 Å². The fraction of sp³-hybridized carbons (Fsp3) is 0.833. The van der Waals surface area contributed by atoms with Gasteiger partial charge in [0.15, 0.2) is 0 Å². The van der Waals surface area contributed by atoms with Crippen molar-refractivity contribution in [3.05, 3.63) is 0 Å². The molecular formula is C6H8F2O3. The topological polar surface area (TPSA) is 46.5 Å². The minimum Gasteiger partial charge on any atom is -0.465 e. The summed E-state index contributed by atoms with van der Waals surface area (Å²) in [5, 5.41) is 9.07. The molecule has 0 aromatic heterocycles. The van der Waals surface area contributed by atoms with Crippen molar-refractivity contribution < 1.29 is 23.4 Å². The number of carbonyl (C=O) groups is 1. The van der Waals surface area contributed by atoms with Gasteiger partial charge in [-0.2, -0.15) is 0 Å². The minimum absolute atomic E-state index is 0.125. The Labute approximate surface area is 62.0 Å². The molecule has 1 fully saturated rings. The van der Waals surface area contributed by atoms with Crippen LogP contribution in [0, 0.1) is 0 Å². The molecule has 0 radical (unpaired) electrons. The second-order valence-corrected chi connectivity index (χ2v) is 2.55. The number of hydrogen-bond acceptors (Lipinski definition) is 3. The van der Waals surface area contributed by atoms with Crippen LogP contribution in [0.5, 0.6) is 0 Å². The molecule has 11 heavy (non-hydrogen) atoms. The predicted octanol–water partition coefficient (Wildman–Crippen LogP) is 0.320. The predicted molar refractivity (Wildman–Crippen MR) is 31.1 cm³/mol. The molecular weight excluding hydrogens is 158 g/mol. The Hall–Kier alpha value is -0.710. The lowest BCUT2D eigenvalue weighted by molar-refractivity contribution is -0.176. The summed E-state index contributed by atoms with van der Waals surface area (Å²) in [7, 11) is 0. The summed E-state index contributed by atoms with van der Waals surface area (Å²) >= 11 is 0. The van der Waals surface area contributed by atoms with Crippen molar-refractivity contribution in [3.8, 4) is 0 Å². The van der Waals surface area contributed by atoms with E-state index in [9.17, 15) is 13.6 Å². The Bertz CT molecular complexity index is 171. The maximum absolute atomic E-state index is 12.0. The van der Waals surface area contributed by atoms with Gasteiger partial charge in [0.2, 0.25) is 0 Å². The summed E-state index contributed by atoms with van der Waals surface area (Å²) in [5.41, 5.74) is -2.16. The molecule has 0 amide bonds. The van der Waals surface area contributed by atoms with Crippen molar-refractivity contribution in [1.82, 2.24) is 0 Å². The fourth-order valence-electron chi connectivity index (χ4n) is 0.917. The number of esters is 1. The Morgan fingerprint density at radius 2 is 2.27 bits per heavy atom. The number of rotatable bonds is 1. The van der Waals surface area contributed by atoms with E-state index in [0.29, 0.717) is 0 Å². The monoisotopic (exact) mass is 166 g/mol. The standard InChI is InChI=1S/C6H8F2O3/c7-5(8)6(10)1-2-11-4(9)3-6/h5,10H,1-3H2. The molecule has 64 valence electrons. The summed E-state index contributed by atoms with van der Waals surface area (Å²) in [6.45, 7) is -0.125. The first-order valence-corrected chi connectivity index (χ1v) is 3.21. The molecule has 1 unspecified atom stereocenters. The molecule has 1 atom stereocenters. The normalized spacial score (nSPS) is 32.2. The Morgan fingerprint density at radius 1 is 1.64 bits per heavy atom. The molecule has 0 aromatic carbocycles. The molecule has 1 saturated heterocycles. The Morgan fingerprint density at radius 3 is 2.64 bits per heavy atom. The number of hydrogen-bond donors (Lipinski definition) is 1. The molecule has 5 heteroatoms. The maximum Gasteiger partial charge on any atom is 0.308 e. The van der Waals surface area contributed by atoms with Gasteiger partial charge in [-0.15, -0.1) is 0 Å². The molecule has 3 nitrogen and oxygen atoms in total. The summed E-state index contributed by atoms with van der Waals surface area (Å²) < 4.78 is 28.4. The molecule has 0 saturated carbocycles. The maximum atomic E-state index is 12.0. The van der Waals surface area contributed by atoms with Crippen molar-refractivity contribution in [2.24, 2.45) is 0 Å². The van der Waals surface area contributed by atoms with Gasteiger partial charge < -0.3 is 9.84 Å². The van der Waals surface area contributed by atoms with Crippen LogP contribution in [-0.4, -0.2) is 29.7 Å². The van der Waals surface area contributed by atoms with Crippen LogP contribution in [0.15, 0.2) is 0 Å². The minimum atomic E-state index is -2.88. The summed E-state index contributed by atoms with van der Waals surface area (Å²) in [4.78, 5) is 10.5. The summed E-state index contributed by atoms with van der Waals surface area (Å²) in [6, 6.07) is 0. The lowest BCUT2D eigenvalue weighted by Crippen LogP contribution is -2.44. The van der Waals surface area contributed by atoms with E-state index < -0.39 is 24.4 Å². The summed E-state index contributed by atoms with van der Waals surface area (Å²) in [5.74, 6) is -0.765. The van der Waals surface area contributed by atoms with Crippen LogP contribution in [0.2, 0.25) is 0 Å². The number of halogens is 2. The van der Waals surface area contributed by atoms with Crippen LogP contribution < -0.4 is 0 Å². The van der Waals surface area contributed by atoms with Crippen LogP contribution in [0.1, 0.15) is 12.8 Å². The molecule has 0 bridgehead atoms. The molecule has 1 rings (SSSR count). The highest BCUT2D eigenvalue weighted by atomic mass is 19.3. The third-order valence-electron chi connectivity index (χ3n) is 1.65. The van der Waals surface area contributed by atoms with Crippen molar-refractivity contribution in [1.29, 1.82) is 0 Å². The number of alkyl halides is 2. The zero-order chi connectivity index (χ0) is 8.48. The molecule has 0 aliphatic carbocycles. The van der Waals surface area contributed by atoms with Gasteiger partial charge in [0, 0.05) is 6.42 Å². The van der Waals surface area contributed by atoms with E-state index in [-0.39, 0.29) is 13.0 Å². The SMILES string of the molecule is O=C1CC(O)(C(F)F)CCO1. The first-order chi connectivity index (χ1) is 5.04. The smallest absolute Gasteiger partial charge is 0.308 e. The Balaban J connectivity index is 2.62. The number of carbonyl (C=O) groups excluding carboxylic acids is 1. The number of ether oxygens (including phenoxy) is 1. The van der Waals surface area contributed by atoms with Crippen molar-refractivity contribution >= 4 is 5.97 Å². The molecule has 0 aromatic rings. The van der Waals surface area contributed by atoms with E-state index in [1.54, 1.807) is 0 Å². The van der Waals surface area contributed by atoms with Gasteiger partial charge in [-0.3, -0.25) is 4.79 Å². The van der Waals surface area contributed by atoms with E-state index in [1.807, 2.05) is 0 Å². The molecule has 1 aliphatic heterocycles. The zero-order valence-electron chi connectivity index (χ0n) is 5.72. The third kappa shape index (κ3) is 1.65. The average Bonchev–Trinajstić information content (AvgIpc) is 1.86. The highest BCUT2D eigenvalue weighted by molar-refractivity contribution is 5.71. The second-order valence-electron chi connectivity index (χ2n) is 2.55. The van der Waals surface area contributed by atoms with Crippen molar-refractivity contribution in [3.63, 3.8) is 0 Å². The van der Waals surface area contributed by atoms with Crippen LogP contribution in [-0.2, 0) is 9.53 Å². The largest absolute Gasteiger partial charge is 0.465 e. The first kappa shape index (κ1) is 8.39. The third-order valence-corrected chi connectivity index (χ3v) is 1.65. The van der Waals surface area contributed by atoms with Crippen molar-refractivity contribution in [2.45, 2.75) is 24.9 Å². The van der Waals surface area contributed by atoms with Crippen molar-refractivity contribution in [2.75, 3.05) is 6.61 Å². The first-order valence-electron chi connectivity index (χ1n) is 3.21. The van der Waals surface area contributed by atoms with Gasteiger partial charge in [0.05, 0.1) is 13.0 Å². The van der Waals surface area contributed by atoms with Gasteiger partial charge in [0.1, 0.15) is 5.60 Å². The lowest BCUT2D eigenvalue weighted by Gasteiger charge is -2.29. The van der Waals surface area contributed by atoms with E-state index in [2.05, 4.69) is 4.74 Å². The van der Waals surface area contributed by atoms with Gasteiger partial charge in [-0.05, 0) is 0 Å². The molecule has 1 aliphatic rings. The van der Waals surface area contributed by atoms with Gasteiger partial charge in [-0.25, -0.2) is 8.78 Å². The molecule has 1 N–H and O–H groups in total. The van der Waals surface area contributed by atoms with E-state index in [1.165, 1.54) is 0 Å². The van der Waals surface area contributed by atoms with Crippen LogP contribution in [0.25, 0.3) is 0 Å². The second kappa shape index (κ2) is 2.73. The van der Waals surface area contributed by atoms with Crippen LogP contribution >= 0.6 is 0 Å². The highest BCUT2D eigenvalue weighted by Gasteiger charge is 2.43. The molecule has 0 spiro atoms. The van der Waals surface area contributed by atoms with Gasteiger partial charge >= 0.3 is 5.97 Å². The highest BCUT2D eigenvalue weighted by Crippen LogP contribution is 2.27. The lowest BCUT2D eigenvalue weighted by atomic mass is 9.95. The summed E-state index contributed by atoms with van der Waals surface area (Å²) in [6.07, 6.45) is -3.67.